The highest BCUT2D eigenvalue weighted by Gasteiger charge is 2.21. The van der Waals surface area contributed by atoms with Crippen molar-refractivity contribution in [2.24, 2.45) is 0 Å². The number of phosphoric ester groups is 1. The predicted octanol–water partition coefficient (Wildman–Crippen LogP) is 11.1. The van der Waals surface area contributed by atoms with E-state index in [0.717, 1.165) is 25.7 Å². The molecule has 0 N–H and O–H groups in total. The molecular weight excluding hydrogens is 701 g/mol. The van der Waals surface area contributed by atoms with Crippen LogP contribution in [0.15, 0.2) is 60.8 Å². The largest absolute Gasteiger partial charge is 0.756 e. The van der Waals surface area contributed by atoms with E-state index in [9.17, 15) is 19.0 Å². The summed E-state index contributed by atoms with van der Waals surface area (Å²) in [6.07, 6.45) is 42.7. The molecule has 312 valence electrons. The van der Waals surface area contributed by atoms with Gasteiger partial charge < -0.3 is 27.9 Å². The van der Waals surface area contributed by atoms with E-state index >= 15 is 0 Å². The zero-order valence-electron chi connectivity index (χ0n) is 34.9. The van der Waals surface area contributed by atoms with Crippen molar-refractivity contribution in [1.82, 2.24) is 0 Å². The number of nitrogens with zero attached hydrogens (tertiary/aromatic N) is 1. The first kappa shape index (κ1) is 51.7. The van der Waals surface area contributed by atoms with Gasteiger partial charge in [-0.25, -0.2) is 0 Å². The summed E-state index contributed by atoms with van der Waals surface area (Å²) in [7, 11) is 1.11. The number of quaternary nitrogens is 1. The smallest absolute Gasteiger partial charge is 0.306 e. The minimum Gasteiger partial charge on any atom is -0.756 e. The van der Waals surface area contributed by atoms with Gasteiger partial charge in [-0.1, -0.05) is 177 Å². The van der Waals surface area contributed by atoms with Crippen molar-refractivity contribution in [3.63, 3.8) is 0 Å². The Kier molecular flexibility index (Phi) is 34.8. The van der Waals surface area contributed by atoms with Crippen molar-refractivity contribution in [3.05, 3.63) is 60.8 Å². The van der Waals surface area contributed by atoms with E-state index in [1.807, 2.05) is 75.8 Å². The molecule has 0 aromatic carbocycles. The molecule has 0 saturated carbocycles. The Labute approximate surface area is 330 Å². The van der Waals surface area contributed by atoms with Crippen molar-refractivity contribution in [2.45, 2.75) is 161 Å². The van der Waals surface area contributed by atoms with Gasteiger partial charge in [0, 0.05) is 12.8 Å². The van der Waals surface area contributed by atoms with Crippen molar-refractivity contribution >= 4 is 19.8 Å². The monoisotopic (exact) mass is 780 g/mol. The van der Waals surface area contributed by atoms with Crippen molar-refractivity contribution in [2.75, 3.05) is 47.5 Å². The van der Waals surface area contributed by atoms with E-state index in [1.165, 1.54) is 89.9 Å². The van der Waals surface area contributed by atoms with Gasteiger partial charge in [0.25, 0.3) is 7.82 Å². The third-order valence-corrected chi connectivity index (χ3v) is 9.64. The maximum absolute atomic E-state index is 12.6. The molecule has 0 spiro atoms. The summed E-state index contributed by atoms with van der Waals surface area (Å²) < 4.78 is 33.7. The van der Waals surface area contributed by atoms with Crippen LogP contribution in [0.25, 0.3) is 0 Å². The van der Waals surface area contributed by atoms with Crippen LogP contribution in [0.4, 0.5) is 0 Å². The van der Waals surface area contributed by atoms with Gasteiger partial charge in [0.2, 0.25) is 0 Å². The number of unbranched alkanes of at least 4 members (excludes halogenated alkanes) is 17. The van der Waals surface area contributed by atoms with E-state index in [1.54, 1.807) is 0 Å². The number of likely N-dealkylation sites (N-methyl/N-ethyl adjacent to an activating group) is 1. The lowest BCUT2D eigenvalue weighted by atomic mass is 10.0. The van der Waals surface area contributed by atoms with Crippen molar-refractivity contribution in [1.29, 1.82) is 0 Å². The highest BCUT2D eigenvalue weighted by Crippen LogP contribution is 2.38. The number of phosphoric acid groups is 1. The number of allylic oxidation sites excluding steroid dienone is 10. The molecule has 0 bridgehead atoms. The zero-order valence-corrected chi connectivity index (χ0v) is 35.8. The van der Waals surface area contributed by atoms with Gasteiger partial charge in [0.15, 0.2) is 6.10 Å². The Hall–Kier alpha value is -2.29. The predicted molar refractivity (Wildman–Crippen MR) is 222 cm³/mol. The SMILES string of the molecule is CC/C=C/C=C/C=C/C=C/C=C/CCCC(=O)OC(COC(=O)CCCCCCCCCCCCCCCCCCC)COP(=O)([O-])OCC[N+](C)(C)C. The lowest BCUT2D eigenvalue weighted by Crippen LogP contribution is -2.37. The fourth-order valence-electron chi connectivity index (χ4n) is 5.39. The molecule has 0 aromatic rings. The Balaban J connectivity index is 4.44. The van der Waals surface area contributed by atoms with Crippen LogP contribution in [0.2, 0.25) is 0 Å². The third kappa shape index (κ3) is 39.4. The van der Waals surface area contributed by atoms with E-state index in [2.05, 4.69) is 19.9 Å². The standard InChI is InChI=1S/C44H78NO8P/c1-6-8-10-12-14-16-18-20-21-22-23-25-26-28-30-32-34-36-43(46)50-40-42(41-52-54(48,49)51-39-38-45(3,4)5)53-44(47)37-35-33-31-29-27-24-19-17-15-13-11-9-7-2/h9,11,13,15,17,19,24,27,29,31,42H,6-8,10,12,14,16,18,20-23,25-26,28,30,32-41H2,1-5H3/b11-9+,15-13+,19-17+,27-24+,31-29+. The molecule has 2 unspecified atom stereocenters. The summed E-state index contributed by atoms with van der Waals surface area (Å²) >= 11 is 0. The van der Waals surface area contributed by atoms with Gasteiger partial charge in [0.05, 0.1) is 27.7 Å². The van der Waals surface area contributed by atoms with E-state index in [0.29, 0.717) is 23.9 Å². The first-order valence-corrected chi connectivity index (χ1v) is 22.5. The molecule has 10 heteroatoms. The molecule has 0 amide bonds. The minimum atomic E-state index is -4.64. The first-order chi connectivity index (χ1) is 26.0. The fourth-order valence-corrected chi connectivity index (χ4v) is 6.12. The fraction of sp³-hybridized carbons (Fsp3) is 0.727. The van der Waals surface area contributed by atoms with Gasteiger partial charge >= 0.3 is 11.9 Å². The number of carbonyl (C=O) groups is 2. The molecule has 2 atom stereocenters. The van der Waals surface area contributed by atoms with Crippen molar-refractivity contribution < 1.29 is 42.1 Å². The quantitative estimate of drug-likeness (QED) is 0.0201. The van der Waals surface area contributed by atoms with Gasteiger partial charge in [-0.05, 0) is 25.7 Å². The molecule has 0 aromatic heterocycles. The molecule has 0 aliphatic carbocycles. The lowest BCUT2D eigenvalue weighted by Gasteiger charge is -2.28. The number of hydrogen-bond acceptors (Lipinski definition) is 8. The number of esters is 2. The normalized spacial score (nSPS) is 14.3. The van der Waals surface area contributed by atoms with Gasteiger partial charge in [-0.15, -0.1) is 0 Å². The Morgan fingerprint density at radius 3 is 1.56 bits per heavy atom. The minimum absolute atomic E-state index is 0.0459. The van der Waals surface area contributed by atoms with Crippen LogP contribution in [0.5, 0.6) is 0 Å². The summed E-state index contributed by atoms with van der Waals surface area (Å²) in [5.41, 5.74) is 0. The van der Waals surface area contributed by atoms with Crippen LogP contribution in [0.1, 0.15) is 155 Å². The average molecular weight is 780 g/mol. The van der Waals surface area contributed by atoms with Crippen LogP contribution in [-0.2, 0) is 32.7 Å². The summed E-state index contributed by atoms with van der Waals surface area (Å²) in [4.78, 5) is 37.4. The zero-order chi connectivity index (χ0) is 40.0. The molecule has 0 fully saturated rings. The number of ether oxygens (including phenoxy) is 2. The third-order valence-electron chi connectivity index (χ3n) is 8.68. The lowest BCUT2D eigenvalue weighted by molar-refractivity contribution is -0.870. The molecule has 0 heterocycles. The second-order valence-corrected chi connectivity index (χ2v) is 16.5. The highest BCUT2D eigenvalue weighted by molar-refractivity contribution is 7.45. The van der Waals surface area contributed by atoms with Crippen molar-refractivity contribution in [3.8, 4) is 0 Å². The Bertz CT molecular complexity index is 1110. The van der Waals surface area contributed by atoms with Crippen LogP contribution >= 0.6 is 7.82 Å². The van der Waals surface area contributed by atoms with E-state index in [-0.39, 0.29) is 26.1 Å². The van der Waals surface area contributed by atoms with E-state index in [4.69, 9.17) is 18.5 Å². The van der Waals surface area contributed by atoms with Crippen LogP contribution in [0.3, 0.4) is 0 Å². The average Bonchev–Trinajstić information content (AvgIpc) is 3.12. The summed E-state index contributed by atoms with van der Waals surface area (Å²) in [5.74, 6) is -0.922. The van der Waals surface area contributed by atoms with Crippen LogP contribution in [-0.4, -0.2) is 70.0 Å². The Morgan fingerprint density at radius 1 is 0.593 bits per heavy atom. The van der Waals surface area contributed by atoms with E-state index < -0.39 is 32.5 Å². The Morgan fingerprint density at radius 2 is 1.06 bits per heavy atom. The number of carbonyl (C=O) groups excluding carboxylic acids is 2. The summed E-state index contributed by atoms with van der Waals surface area (Å²) in [5, 5.41) is 0. The highest BCUT2D eigenvalue weighted by atomic mass is 31.2. The molecule has 0 aliphatic heterocycles. The van der Waals surface area contributed by atoms with Crippen LogP contribution < -0.4 is 4.89 Å². The topological polar surface area (TPSA) is 111 Å². The first-order valence-electron chi connectivity index (χ1n) is 21.1. The number of hydrogen-bond donors (Lipinski definition) is 0. The molecule has 0 rings (SSSR count). The molecular formula is C44H78NO8P. The second-order valence-electron chi connectivity index (χ2n) is 15.1. The summed E-state index contributed by atoms with van der Waals surface area (Å²) in [6.45, 7) is 3.99. The molecule has 9 nitrogen and oxygen atoms in total. The maximum atomic E-state index is 12.6. The number of rotatable bonds is 37. The van der Waals surface area contributed by atoms with Gasteiger partial charge in [-0.2, -0.15) is 0 Å². The molecule has 0 radical (unpaired) electrons. The molecule has 54 heavy (non-hydrogen) atoms. The van der Waals surface area contributed by atoms with Gasteiger partial charge in [0.1, 0.15) is 19.8 Å². The van der Waals surface area contributed by atoms with Gasteiger partial charge in [-0.3, -0.25) is 14.2 Å². The van der Waals surface area contributed by atoms with Crippen LogP contribution in [0, 0.1) is 0 Å². The molecule has 0 aliphatic rings. The second kappa shape index (κ2) is 36.4. The summed E-state index contributed by atoms with van der Waals surface area (Å²) in [6, 6.07) is 0. The molecule has 0 saturated heterocycles. The maximum Gasteiger partial charge on any atom is 0.306 e.